The molecule has 32 heavy (non-hydrogen) atoms. The fourth-order valence-corrected chi connectivity index (χ4v) is 4.16. The number of halogens is 1. The third-order valence-electron chi connectivity index (χ3n) is 5.72. The molecular weight excluding hydrogens is 407 g/mol. The van der Waals surface area contributed by atoms with Crippen LogP contribution in [0.4, 0.5) is 4.39 Å². The van der Waals surface area contributed by atoms with Gasteiger partial charge in [-0.3, -0.25) is 14.6 Å². The molecule has 1 saturated heterocycles. The lowest BCUT2D eigenvalue weighted by Gasteiger charge is -2.23. The van der Waals surface area contributed by atoms with Crippen molar-refractivity contribution in [3.8, 4) is 0 Å². The van der Waals surface area contributed by atoms with Crippen molar-refractivity contribution in [1.29, 1.82) is 0 Å². The fraction of sp³-hybridized carbons (Fsp3) is 0.250. The maximum Gasteiger partial charge on any atom is 0.254 e. The lowest BCUT2D eigenvalue weighted by Crippen LogP contribution is -2.31. The Morgan fingerprint density at radius 2 is 2.00 bits per heavy atom. The van der Waals surface area contributed by atoms with E-state index in [4.69, 9.17) is 0 Å². The number of amides is 1. The SMILES string of the molecule is O=C(c1cccc(Cn2cccn2)c1)N1CCCC1c1n[nH]c(Cc2ccc(F)cc2)n1. The number of aromatic nitrogens is 5. The zero-order valence-electron chi connectivity index (χ0n) is 17.5. The smallest absolute Gasteiger partial charge is 0.254 e. The van der Waals surface area contributed by atoms with Crippen molar-refractivity contribution < 1.29 is 9.18 Å². The molecule has 1 amide bonds. The van der Waals surface area contributed by atoms with E-state index < -0.39 is 0 Å². The quantitative estimate of drug-likeness (QED) is 0.505. The second-order valence-corrected chi connectivity index (χ2v) is 8.00. The van der Waals surface area contributed by atoms with E-state index in [0.29, 0.717) is 36.7 Å². The van der Waals surface area contributed by atoms with Gasteiger partial charge in [-0.1, -0.05) is 24.3 Å². The zero-order chi connectivity index (χ0) is 21.9. The van der Waals surface area contributed by atoms with Gasteiger partial charge in [0.15, 0.2) is 5.82 Å². The Bertz CT molecular complexity index is 1200. The van der Waals surface area contributed by atoms with Crippen LogP contribution in [0.1, 0.15) is 52.0 Å². The number of rotatable bonds is 6. The van der Waals surface area contributed by atoms with Crippen molar-refractivity contribution in [3.63, 3.8) is 0 Å². The molecule has 1 N–H and O–H groups in total. The van der Waals surface area contributed by atoms with Crippen LogP contribution in [0.3, 0.4) is 0 Å². The van der Waals surface area contributed by atoms with Gasteiger partial charge < -0.3 is 4.90 Å². The number of hydrogen-bond acceptors (Lipinski definition) is 4. The van der Waals surface area contributed by atoms with Crippen molar-refractivity contribution in [2.45, 2.75) is 31.8 Å². The molecule has 162 valence electrons. The largest absolute Gasteiger partial charge is 0.328 e. The minimum atomic E-state index is -0.263. The van der Waals surface area contributed by atoms with Crippen molar-refractivity contribution in [2.24, 2.45) is 0 Å². The van der Waals surface area contributed by atoms with Crippen molar-refractivity contribution in [3.05, 3.63) is 101 Å². The second-order valence-electron chi connectivity index (χ2n) is 8.00. The van der Waals surface area contributed by atoms with E-state index in [0.717, 1.165) is 24.0 Å². The number of hydrogen-bond donors (Lipinski definition) is 1. The number of nitrogens with one attached hydrogen (secondary N) is 1. The van der Waals surface area contributed by atoms with Crippen molar-refractivity contribution >= 4 is 5.91 Å². The Hall–Kier alpha value is -3.81. The minimum Gasteiger partial charge on any atom is -0.328 e. The predicted molar refractivity (Wildman–Crippen MR) is 116 cm³/mol. The van der Waals surface area contributed by atoms with Gasteiger partial charge in [0.05, 0.1) is 12.6 Å². The summed E-state index contributed by atoms with van der Waals surface area (Å²) in [5.74, 6) is 1.05. The van der Waals surface area contributed by atoms with Gasteiger partial charge in [-0.2, -0.15) is 10.2 Å². The fourth-order valence-electron chi connectivity index (χ4n) is 4.16. The van der Waals surface area contributed by atoms with Gasteiger partial charge in [-0.15, -0.1) is 0 Å². The molecule has 1 atom stereocenters. The van der Waals surface area contributed by atoms with E-state index in [9.17, 15) is 9.18 Å². The highest BCUT2D eigenvalue weighted by Gasteiger charge is 2.33. The molecule has 7 nitrogen and oxygen atoms in total. The number of benzene rings is 2. The monoisotopic (exact) mass is 430 g/mol. The first-order chi connectivity index (χ1) is 15.7. The van der Waals surface area contributed by atoms with E-state index >= 15 is 0 Å². The maximum absolute atomic E-state index is 13.3. The Morgan fingerprint density at radius 3 is 2.81 bits per heavy atom. The number of H-pyrrole nitrogens is 1. The highest BCUT2D eigenvalue weighted by Crippen LogP contribution is 2.31. The van der Waals surface area contributed by atoms with Crippen molar-refractivity contribution in [2.75, 3.05) is 6.54 Å². The van der Waals surface area contributed by atoms with Crippen LogP contribution in [0.5, 0.6) is 0 Å². The lowest BCUT2D eigenvalue weighted by molar-refractivity contribution is 0.0730. The molecule has 1 fully saturated rings. The van der Waals surface area contributed by atoms with Crippen LogP contribution in [-0.4, -0.2) is 42.3 Å². The van der Waals surface area contributed by atoms with Crippen LogP contribution in [-0.2, 0) is 13.0 Å². The third kappa shape index (κ3) is 4.30. The highest BCUT2D eigenvalue weighted by atomic mass is 19.1. The Labute approximate surface area is 184 Å². The summed E-state index contributed by atoms with van der Waals surface area (Å²) in [6.45, 7) is 1.29. The molecule has 0 aliphatic carbocycles. The topological polar surface area (TPSA) is 79.7 Å². The van der Waals surface area contributed by atoms with Gasteiger partial charge in [0.25, 0.3) is 5.91 Å². The molecule has 2 aromatic carbocycles. The summed E-state index contributed by atoms with van der Waals surface area (Å²) in [5.41, 5.74) is 2.63. The molecule has 8 heteroatoms. The van der Waals surface area contributed by atoms with Crippen LogP contribution >= 0.6 is 0 Å². The van der Waals surface area contributed by atoms with Gasteiger partial charge in [0, 0.05) is 30.9 Å². The molecule has 2 aromatic heterocycles. The summed E-state index contributed by atoms with van der Waals surface area (Å²) in [5, 5.41) is 11.6. The number of aromatic amines is 1. The van der Waals surface area contributed by atoms with Gasteiger partial charge in [0.2, 0.25) is 0 Å². The summed E-state index contributed by atoms with van der Waals surface area (Å²) >= 11 is 0. The van der Waals surface area contributed by atoms with Gasteiger partial charge in [-0.05, 0) is 54.3 Å². The predicted octanol–water partition coefficient (Wildman–Crippen LogP) is 3.76. The van der Waals surface area contributed by atoms with Crippen LogP contribution < -0.4 is 0 Å². The Balaban J connectivity index is 1.31. The van der Waals surface area contributed by atoms with Gasteiger partial charge in [-0.25, -0.2) is 9.37 Å². The number of carbonyl (C=O) groups is 1. The number of likely N-dealkylation sites (tertiary alicyclic amines) is 1. The third-order valence-corrected chi connectivity index (χ3v) is 5.72. The van der Waals surface area contributed by atoms with E-state index in [-0.39, 0.29) is 17.8 Å². The van der Waals surface area contributed by atoms with E-state index in [1.807, 2.05) is 46.1 Å². The average Bonchev–Trinajstić information content (AvgIpc) is 3.57. The second kappa shape index (κ2) is 8.74. The van der Waals surface area contributed by atoms with Gasteiger partial charge >= 0.3 is 0 Å². The first kappa shape index (κ1) is 20.1. The van der Waals surface area contributed by atoms with E-state index in [2.05, 4.69) is 20.3 Å². The molecule has 0 bridgehead atoms. The summed E-state index contributed by atoms with van der Waals surface area (Å²) in [7, 11) is 0. The molecule has 1 aliphatic rings. The summed E-state index contributed by atoms with van der Waals surface area (Å²) in [4.78, 5) is 19.8. The molecule has 4 aromatic rings. The summed E-state index contributed by atoms with van der Waals surface area (Å²) in [6.07, 6.45) is 5.91. The Morgan fingerprint density at radius 1 is 1.12 bits per heavy atom. The molecule has 0 saturated carbocycles. The number of carbonyl (C=O) groups excluding carboxylic acids is 1. The van der Waals surface area contributed by atoms with Gasteiger partial charge in [0.1, 0.15) is 11.6 Å². The average molecular weight is 430 g/mol. The van der Waals surface area contributed by atoms with Crippen molar-refractivity contribution in [1.82, 2.24) is 29.9 Å². The highest BCUT2D eigenvalue weighted by molar-refractivity contribution is 5.94. The molecule has 5 rings (SSSR count). The standard InChI is InChI=1S/C24H23FN6O/c25-20-9-7-17(8-10-20)15-22-27-23(29-28-22)21-6-2-13-31(21)24(32)19-5-1-4-18(14-19)16-30-12-3-11-26-30/h1,3-5,7-12,14,21H,2,6,13,15-16H2,(H,27,28,29). The molecule has 3 heterocycles. The molecule has 1 aliphatic heterocycles. The summed E-state index contributed by atoms with van der Waals surface area (Å²) < 4.78 is 15.0. The van der Waals surface area contributed by atoms with E-state index in [1.54, 1.807) is 18.3 Å². The molecule has 0 spiro atoms. The van der Waals surface area contributed by atoms with E-state index in [1.165, 1.54) is 12.1 Å². The normalized spacial score (nSPS) is 15.9. The Kier molecular flexibility index (Phi) is 5.49. The molecule has 1 unspecified atom stereocenters. The summed E-state index contributed by atoms with van der Waals surface area (Å²) in [6, 6.07) is 15.7. The van der Waals surface area contributed by atoms with Crippen LogP contribution in [0.15, 0.2) is 67.0 Å². The van der Waals surface area contributed by atoms with Crippen LogP contribution in [0, 0.1) is 5.82 Å². The molecular formula is C24H23FN6O. The van der Waals surface area contributed by atoms with Crippen LogP contribution in [0.25, 0.3) is 0 Å². The maximum atomic E-state index is 13.3. The first-order valence-corrected chi connectivity index (χ1v) is 10.7. The number of nitrogens with zero attached hydrogens (tertiary/aromatic N) is 5. The first-order valence-electron chi connectivity index (χ1n) is 10.7. The molecule has 0 radical (unpaired) electrons. The zero-order valence-corrected chi connectivity index (χ0v) is 17.5. The lowest BCUT2D eigenvalue weighted by atomic mass is 10.1. The van der Waals surface area contributed by atoms with Crippen LogP contribution in [0.2, 0.25) is 0 Å². The minimum absolute atomic E-state index is 0.0142.